The number of carbonyl (C=O) groups is 2. The van der Waals surface area contributed by atoms with Crippen molar-refractivity contribution in [2.45, 2.75) is 13.3 Å². The summed E-state index contributed by atoms with van der Waals surface area (Å²) in [5, 5.41) is 3.59. The lowest BCUT2D eigenvalue weighted by Crippen LogP contribution is -2.37. The number of hydrogen-bond donors (Lipinski definition) is 1. The Hall–Kier alpha value is -3.56. The van der Waals surface area contributed by atoms with Gasteiger partial charge in [-0.3, -0.25) is 9.59 Å². The van der Waals surface area contributed by atoms with Crippen LogP contribution in [-0.4, -0.2) is 58.2 Å². The molecule has 0 saturated heterocycles. The smallest absolute Gasteiger partial charge is 0.241 e. The molecule has 0 aliphatic heterocycles. The van der Waals surface area contributed by atoms with Crippen LogP contribution in [0.15, 0.2) is 66.5 Å². The maximum atomic E-state index is 12.6. The number of likely N-dealkylation sites (N-methyl/N-ethyl adjacent to an activating group) is 1. The summed E-state index contributed by atoms with van der Waals surface area (Å²) in [7, 11) is 3.46. The van der Waals surface area contributed by atoms with E-state index in [-0.39, 0.29) is 23.6 Å². The molecule has 0 radical (unpaired) electrons. The third-order valence-electron chi connectivity index (χ3n) is 5.60. The Balaban J connectivity index is 1.54. The number of nitrogens with zero attached hydrogens (tertiary/aromatic N) is 5. The van der Waals surface area contributed by atoms with Crippen LogP contribution < -0.4 is 10.2 Å². The van der Waals surface area contributed by atoms with Crippen LogP contribution in [0.2, 0.25) is 0 Å². The van der Waals surface area contributed by atoms with Gasteiger partial charge in [-0.15, -0.1) is 0 Å². The highest BCUT2D eigenvalue weighted by Crippen LogP contribution is 2.32. The molecule has 4 rings (SSSR count). The largest absolute Gasteiger partial charge is 0.347 e. The fourth-order valence-corrected chi connectivity index (χ4v) is 4.62. The standard InChI is InChI=1S/C26H27ClN6O2S/c1-17-11-12-28-23(13-17)31-22-6-4-5-20(30-22)21-14-29-26(36-21)33(16-24(34)32(2)3)15-18-7-9-19(10-8-18)25(27)35/h4-9,11-14,19H,10,15-16H2,1-3H3,(H,28,30,31). The molecule has 1 atom stereocenters. The van der Waals surface area contributed by atoms with Crippen molar-refractivity contribution in [3.63, 3.8) is 0 Å². The first-order valence-electron chi connectivity index (χ1n) is 11.4. The van der Waals surface area contributed by atoms with Crippen LogP contribution in [0.1, 0.15) is 12.0 Å². The monoisotopic (exact) mass is 522 g/mol. The number of carbonyl (C=O) groups excluding carboxylic acids is 2. The van der Waals surface area contributed by atoms with Crippen molar-refractivity contribution >= 4 is 50.9 Å². The van der Waals surface area contributed by atoms with E-state index in [0.717, 1.165) is 27.5 Å². The molecular formula is C26H27ClN6O2S. The van der Waals surface area contributed by atoms with Gasteiger partial charge in [0.15, 0.2) is 5.13 Å². The van der Waals surface area contributed by atoms with Crippen molar-refractivity contribution < 1.29 is 9.59 Å². The molecule has 0 spiro atoms. The van der Waals surface area contributed by atoms with E-state index >= 15 is 0 Å². The van der Waals surface area contributed by atoms with Gasteiger partial charge >= 0.3 is 0 Å². The maximum absolute atomic E-state index is 12.6. The third kappa shape index (κ3) is 6.56. The second kappa shape index (κ2) is 11.5. The van der Waals surface area contributed by atoms with E-state index in [1.807, 2.05) is 60.4 Å². The highest BCUT2D eigenvalue weighted by Gasteiger charge is 2.21. The lowest BCUT2D eigenvalue weighted by molar-refractivity contribution is -0.127. The number of thiazole rings is 1. The number of nitrogens with one attached hydrogen (secondary N) is 1. The highest BCUT2D eigenvalue weighted by atomic mass is 35.5. The van der Waals surface area contributed by atoms with Gasteiger partial charge in [0, 0.05) is 33.0 Å². The third-order valence-corrected chi connectivity index (χ3v) is 6.96. The van der Waals surface area contributed by atoms with Crippen LogP contribution in [0.5, 0.6) is 0 Å². The van der Waals surface area contributed by atoms with Crippen LogP contribution in [0, 0.1) is 12.8 Å². The molecule has 0 fully saturated rings. The molecule has 8 nitrogen and oxygen atoms in total. The van der Waals surface area contributed by atoms with E-state index in [0.29, 0.717) is 23.9 Å². The SMILES string of the molecule is Cc1ccnc(Nc2cccc(-c3cnc(N(CC(=O)N(C)C)CC4=CCC(C(=O)Cl)C=C4)s3)n2)c1. The Kier molecular flexibility index (Phi) is 8.12. The highest BCUT2D eigenvalue weighted by molar-refractivity contribution is 7.18. The van der Waals surface area contributed by atoms with Crippen molar-refractivity contribution in [3.8, 4) is 10.6 Å². The summed E-state index contributed by atoms with van der Waals surface area (Å²) in [5.74, 6) is 1.07. The zero-order chi connectivity index (χ0) is 25.7. The van der Waals surface area contributed by atoms with Crippen molar-refractivity contribution in [2.24, 2.45) is 5.92 Å². The molecule has 3 heterocycles. The quantitative estimate of drug-likeness (QED) is 0.403. The molecule has 3 aromatic heterocycles. The summed E-state index contributed by atoms with van der Waals surface area (Å²) in [6.07, 6.45) is 9.78. The topological polar surface area (TPSA) is 91.3 Å². The van der Waals surface area contributed by atoms with Gasteiger partial charge < -0.3 is 15.1 Å². The summed E-state index contributed by atoms with van der Waals surface area (Å²) in [6, 6.07) is 9.64. The molecule has 1 aliphatic rings. The van der Waals surface area contributed by atoms with E-state index in [4.69, 9.17) is 16.6 Å². The first kappa shape index (κ1) is 25.5. The average Bonchev–Trinajstić information content (AvgIpc) is 3.34. The van der Waals surface area contributed by atoms with Gasteiger partial charge in [0.2, 0.25) is 11.1 Å². The number of pyridine rings is 2. The van der Waals surface area contributed by atoms with Crippen molar-refractivity contribution in [1.82, 2.24) is 19.9 Å². The van der Waals surface area contributed by atoms with Crippen LogP contribution in [0.4, 0.5) is 16.8 Å². The molecule has 36 heavy (non-hydrogen) atoms. The fraction of sp³-hybridized carbons (Fsp3) is 0.269. The summed E-state index contributed by atoms with van der Waals surface area (Å²) in [4.78, 5) is 42.1. The number of aromatic nitrogens is 3. The maximum Gasteiger partial charge on any atom is 0.241 e. The minimum atomic E-state index is -0.367. The van der Waals surface area contributed by atoms with Crippen molar-refractivity contribution in [3.05, 3.63) is 72.1 Å². The first-order valence-corrected chi connectivity index (χ1v) is 12.6. The zero-order valence-electron chi connectivity index (χ0n) is 20.3. The van der Waals surface area contributed by atoms with Crippen LogP contribution in [-0.2, 0) is 9.59 Å². The van der Waals surface area contributed by atoms with Crippen molar-refractivity contribution in [2.75, 3.05) is 37.4 Å². The van der Waals surface area contributed by atoms with E-state index in [2.05, 4.69) is 15.3 Å². The number of rotatable bonds is 9. The number of halogens is 1. The molecule has 186 valence electrons. The number of amides is 1. The Labute approximate surface area is 219 Å². The molecule has 1 aliphatic carbocycles. The van der Waals surface area contributed by atoms with E-state index < -0.39 is 0 Å². The molecule has 0 saturated carbocycles. The second-order valence-electron chi connectivity index (χ2n) is 8.69. The van der Waals surface area contributed by atoms with Gasteiger partial charge in [-0.25, -0.2) is 15.0 Å². The van der Waals surface area contributed by atoms with Gasteiger partial charge in [-0.2, -0.15) is 0 Å². The fourth-order valence-electron chi connectivity index (χ4n) is 3.57. The van der Waals surface area contributed by atoms with Gasteiger partial charge in [0.25, 0.3) is 0 Å². The number of hydrogen-bond acceptors (Lipinski definition) is 8. The molecule has 3 aromatic rings. The molecule has 1 amide bonds. The second-order valence-corrected chi connectivity index (χ2v) is 10.1. The number of allylic oxidation sites excluding steroid dienone is 2. The minimum absolute atomic E-state index is 0.0315. The van der Waals surface area contributed by atoms with E-state index in [9.17, 15) is 9.59 Å². The summed E-state index contributed by atoms with van der Waals surface area (Å²) in [5.41, 5.74) is 2.88. The zero-order valence-corrected chi connectivity index (χ0v) is 21.9. The normalized spacial score (nSPS) is 14.8. The molecule has 1 unspecified atom stereocenters. The Morgan fingerprint density at radius 1 is 1.19 bits per heavy atom. The molecular weight excluding hydrogens is 496 g/mol. The van der Waals surface area contributed by atoms with E-state index in [1.165, 1.54) is 11.3 Å². The Morgan fingerprint density at radius 3 is 2.72 bits per heavy atom. The molecule has 0 aromatic carbocycles. The van der Waals surface area contributed by atoms with E-state index in [1.54, 1.807) is 31.4 Å². The first-order chi connectivity index (χ1) is 17.3. The molecule has 1 N–H and O–H groups in total. The lowest BCUT2D eigenvalue weighted by atomic mass is 9.97. The van der Waals surface area contributed by atoms with Gasteiger partial charge in [-0.05, 0) is 60.3 Å². The molecule has 10 heteroatoms. The van der Waals surface area contributed by atoms with Crippen LogP contribution >= 0.6 is 22.9 Å². The summed E-state index contributed by atoms with van der Waals surface area (Å²) >= 11 is 7.10. The number of anilines is 3. The molecule has 0 bridgehead atoms. The Morgan fingerprint density at radius 2 is 2.03 bits per heavy atom. The van der Waals surface area contributed by atoms with Gasteiger partial charge in [0.1, 0.15) is 11.6 Å². The summed E-state index contributed by atoms with van der Waals surface area (Å²) in [6.45, 7) is 2.68. The average molecular weight is 523 g/mol. The van der Waals surface area contributed by atoms with Crippen molar-refractivity contribution in [1.29, 1.82) is 0 Å². The predicted molar refractivity (Wildman–Crippen MR) is 145 cm³/mol. The lowest BCUT2D eigenvalue weighted by Gasteiger charge is -2.25. The van der Waals surface area contributed by atoms with Crippen LogP contribution in [0.25, 0.3) is 10.6 Å². The predicted octanol–water partition coefficient (Wildman–Crippen LogP) is 4.81. The minimum Gasteiger partial charge on any atom is -0.347 e. The van der Waals surface area contributed by atoms with Crippen LogP contribution in [0.3, 0.4) is 0 Å². The Bertz CT molecular complexity index is 1320. The number of aryl methyl sites for hydroxylation is 1. The van der Waals surface area contributed by atoms with Gasteiger partial charge in [-0.1, -0.05) is 35.6 Å². The van der Waals surface area contributed by atoms with Gasteiger partial charge in [0.05, 0.1) is 23.0 Å². The summed E-state index contributed by atoms with van der Waals surface area (Å²) < 4.78 is 0.